The van der Waals surface area contributed by atoms with Crippen molar-refractivity contribution in [2.24, 2.45) is 5.73 Å². The minimum absolute atomic E-state index is 0.0750. The van der Waals surface area contributed by atoms with Crippen LogP contribution < -0.4 is 5.73 Å². The number of nitrogen functional groups attached to an aromatic ring is 1. The number of hydrogen-bond acceptors (Lipinski definition) is 3. The molecule has 2 aromatic rings. The van der Waals surface area contributed by atoms with Gasteiger partial charge in [0.25, 0.3) is 0 Å². The van der Waals surface area contributed by atoms with Gasteiger partial charge in [-0.1, -0.05) is 18.2 Å². The van der Waals surface area contributed by atoms with E-state index in [9.17, 15) is 0 Å². The normalized spacial score (nSPS) is 10.2. The Morgan fingerprint density at radius 3 is 2.56 bits per heavy atom. The summed E-state index contributed by atoms with van der Waals surface area (Å²) in [7, 11) is 0. The number of hydrogen-bond donors (Lipinski definition) is 2. The van der Waals surface area contributed by atoms with Gasteiger partial charge in [-0.15, -0.1) is 0 Å². The molecule has 0 spiro atoms. The molecule has 0 fully saturated rings. The zero-order chi connectivity index (χ0) is 12.8. The number of ether oxygens (including phenoxy) is 1. The first-order valence-corrected chi connectivity index (χ1v) is 5.65. The second kappa shape index (κ2) is 5.93. The van der Waals surface area contributed by atoms with Crippen LogP contribution in [0.1, 0.15) is 16.7 Å². The first kappa shape index (κ1) is 12.3. The lowest BCUT2D eigenvalue weighted by Gasteiger charge is -2.06. The van der Waals surface area contributed by atoms with Crippen LogP contribution >= 0.6 is 0 Å². The summed E-state index contributed by atoms with van der Waals surface area (Å²) in [4.78, 5) is 3.95. The highest BCUT2D eigenvalue weighted by Crippen LogP contribution is 2.08. The van der Waals surface area contributed by atoms with Gasteiger partial charge in [-0.25, -0.2) is 0 Å². The van der Waals surface area contributed by atoms with Crippen LogP contribution in [0.15, 0.2) is 48.8 Å². The quantitative estimate of drug-likeness (QED) is 0.622. The number of nitrogens with zero attached hydrogens (tertiary/aromatic N) is 1. The standard InChI is InChI=1S/C14H15N3O/c15-14(16)13-3-1-2-12(8-13)10-18-9-11-4-6-17-7-5-11/h1-8H,9-10H2,(H3,15,16). The first-order chi connectivity index (χ1) is 8.75. The number of amidine groups is 1. The average Bonchev–Trinajstić information content (AvgIpc) is 2.40. The van der Waals surface area contributed by atoms with Crippen molar-refractivity contribution in [1.82, 2.24) is 4.98 Å². The highest BCUT2D eigenvalue weighted by molar-refractivity contribution is 5.95. The molecule has 4 nitrogen and oxygen atoms in total. The monoisotopic (exact) mass is 241 g/mol. The molecule has 1 heterocycles. The molecule has 92 valence electrons. The third kappa shape index (κ3) is 3.40. The molecule has 0 atom stereocenters. The Balaban J connectivity index is 1.90. The maximum Gasteiger partial charge on any atom is 0.122 e. The summed E-state index contributed by atoms with van der Waals surface area (Å²) in [5, 5.41) is 7.37. The summed E-state index contributed by atoms with van der Waals surface area (Å²) < 4.78 is 5.60. The molecule has 1 aromatic carbocycles. The Labute approximate surface area is 106 Å². The van der Waals surface area contributed by atoms with Crippen molar-refractivity contribution < 1.29 is 4.74 Å². The minimum Gasteiger partial charge on any atom is -0.384 e. The van der Waals surface area contributed by atoms with Gasteiger partial charge in [-0.05, 0) is 29.3 Å². The van der Waals surface area contributed by atoms with Crippen molar-refractivity contribution in [2.75, 3.05) is 0 Å². The SMILES string of the molecule is N=C(N)c1cccc(COCc2ccncc2)c1. The van der Waals surface area contributed by atoms with Crippen LogP contribution in [-0.4, -0.2) is 10.8 Å². The largest absolute Gasteiger partial charge is 0.384 e. The van der Waals surface area contributed by atoms with Gasteiger partial charge in [-0.2, -0.15) is 0 Å². The molecule has 2 rings (SSSR count). The van der Waals surface area contributed by atoms with Gasteiger partial charge in [0.1, 0.15) is 5.84 Å². The number of nitrogens with one attached hydrogen (secondary N) is 1. The molecule has 0 aliphatic rings. The van der Waals surface area contributed by atoms with E-state index in [4.69, 9.17) is 15.9 Å². The number of pyridine rings is 1. The van der Waals surface area contributed by atoms with Crippen LogP contribution in [0.5, 0.6) is 0 Å². The highest BCUT2D eigenvalue weighted by Gasteiger charge is 1.99. The lowest BCUT2D eigenvalue weighted by atomic mass is 10.1. The fraction of sp³-hybridized carbons (Fsp3) is 0.143. The molecule has 1 aromatic heterocycles. The van der Waals surface area contributed by atoms with Gasteiger partial charge in [0, 0.05) is 18.0 Å². The van der Waals surface area contributed by atoms with Crippen LogP contribution in [0.2, 0.25) is 0 Å². The fourth-order valence-corrected chi connectivity index (χ4v) is 1.59. The molecular formula is C14H15N3O. The maximum atomic E-state index is 7.37. The van der Waals surface area contributed by atoms with E-state index in [0.717, 1.165) is 16.7 Å². The molecule has 18 heavy (non-hydrogen) atoms. The van der Waals surface area contributed by atoms with Crippen LogP contribution in [0.25, 0.3) is 0 Å². The van der Waals surface area contributed by atoms with E-state index in [-0.39, 0.29) is 5.84 Å². The molecule has 0 saturated carbocycles. The van der Waals surface area contributed by atoms with Crippen LogP contribution in [0, 0.1) is 5.41 Å². The summed E-state index contributed by atoms with van der Waals surface area (Å²) in [6.45, 7) is 1.05. The first-order valence-electron chi connectivity index (χ1n) is 5.65. The predicted molar refractivity (Wildman–Crippen MR) is 70.2 cm³/mol. The molecule has 3 N–H and O–H groups in total. The van der Waals surface area contributed by atoms with Crippen molar-refractivity contribution in [3.8, 4) is 0 Å². The van der Waals surface area contributed by atoms with Crippen molar-refractivity contribution in [3.05, 3.63) is 65.5 Å². The zero-order valence-corrected chi connectivity index (χ0v) is 9.97. The van der Waals surface area contributed by atoms with Gasteiger partial charge in [0.05, 0.1) is 13.2 Å². The molecule has 0 unspecified atom stereocenters. The Kier molecular flexibility index (Phi) is 4.04. The molecule has 4 heteroatoms. The molecular weight excluding hydrogens is 226 g/mol. The predicted octanol–water partition coefficient (Wildman–Crippen LogP) is 2.08. The number of nitrogens with two attached hydrogens (primary N) is 1. The maximum absolute atomic E-state index is 7.37. The molecule has 0 aliphatic carbocycles. The Morgan fingerprint density at radius 1 is 1.11 bits per heavy atom. The van der Waals surface area contributed by atoms with Gasteiger partial charge in [0.2, 0.25) is 0 Å². The van der Waals surface area contributed by atoms with Crippen molar-refractivity contribution in [3.63, 3.8) is 0 Å². The van der Waals surface area contributed by atoms with E-state index in [1.165, 1.54) is 0 Å². The molecule has 0 amide bonds. The van der Waals surface area contributed by atoms with Crippen LogP contribution in [-0.2, 0) is 18.0 Å². The van der Waals surface area contributed by atoms with E-state index in [2.05, 4.69) is 4.98 Å². The fourth-order valence-electron chi connectivity index (χ4n) is 1.59. The molecule has 0 saturated heterocycles. The number of benzene rings is 1. The van der Waals surface area contributed by atoms with Gasteiger partial charge < -0.3 is 10.5 Å². The topological polar surface area (TPSA) is 72.0 Å². The van der Waals surface area contributed by atoms with Crippen LogP contribution in [0.4, 0.5) is 0 Å². The highest BCUT2D eigenvalue weighted by atomic mass is 16.5. The molecule has 0 aliphatic heterocycles. The van der Waals surface area contributed by atoms with Crippen molar-refractivity contribution >= 4 is 5.84 Å². The number of rotatable bonds is 5. The van der Waals surface area contributed by atoms with Gasteiger partial charge in [0.15, 0.2) is 0 Å². The van der Waals surface area contributed by atoms with E-state index < -0.39 is 0 Å². The second-order valence-corrected chi connectivity index (χ2v) is 3.96. The van der Waals surface area contributed by atoms with Crippen molar-refractivity contribution in [1.29, 1.82) is 5.41 Å². The third-order valence-corrected chi connectivity index (χ3v) is 2.52. The van der Waals surface area contributed by atoms with Gasteiger partial charge in [-0.3, -0.25) is 10.4 Å². The third-order valence-electron chi connectivity index (χ3n) is 2.52. The summed E-state index contributed by atoms with van der Waals surface area (Å²) in [6.07, 6.45) is 3.49. The van der Waals surface area contributed by atoms with Crippen molar-refractivity contribution in [2.45, 2.75) is 13.2 Å². The van der Waals surface area contributed by atoms with E-state index in [1.54, 1.807) is 12.4 Å². The lowest BCUT2D eigenvalue weighted by molar-refractivity contribution is 0.107. The van der Waals surface area contributed by atoms with Crippen LogP contribution in [0.3, 0.4) is 0 Å². The number of aromatic nitrogens is 1. The Morgan fingerprint density at radius 2 is 1.83 bits per heavy atom. The smallest absolute Gasteiger partial charge is 0.122 e. The zero-order valence-electron chi connectivity index (χ0n) is 9.97. The summed E-state index contributed by atoms with van der Waals surface area (Å²) in [6, 6.07) is 11.4. The second-order valence-electron chi connectivity index (χ2n) is 3.96. The summed E-state index contributed by atoms with van der Waals surface area (Å²) >= 11 is 0. The molecule has 0 radical (unpaired) electrons. The van der Waals surface area contributed by atoms with E-state index in [1.807, 2.05) is 36.4 Å². The lowest BCUT2D eigenvalue weighted by Crippen LogP contribution is -2.11. The minimum atomic E-state index is 0.0750. The van der Waals surface area contributed by atoms with Gasteiger partial charge >= 0.3 is 0 Å². The average molecular weight is 241 g/mol. The van der Waals surface area contributed by atoms with E-state index >= 15 is 0 Å². The summed E-state index contributed by atoms with van der Waals surface area (Å²) in [5.74, 6) is 0.0750. The molecule has 0 bridgehead atoms. The van der Waals surface area contributed by atoms with E-state index in [0.29, 0.717) is 13.2 Å². The summed E-state index contributed by atoms with van der Waals surface area (Å²) in [5.41, 5.74) is 8.26. The Bertz CT molecular complexity index is 526. The Hall–Kier alpha value is -2.20.